The van der Waals surface area contributed by atoms with Crippen molar-refractivity contribution in [3.05, 3.63) is 29.3 Å². The molecule has 0 spiro atoms. The molecule has 0 amide bonds. The maximum atomic E-state index is 11.7. The standard InChI is InChI=1S/C11H13O3PS/c1-2-15(13,16)14-10-5-3-4-8-6-7-9(12)11(8)10/h3-5H,2,6-7H2,1H3,(H,13,16). The number of rotatable bonds is 3. The van der Waals surface area contributed by atoms with Crippen molar-refractivity contribution in [2.75, 3.05) is 6.16 Å². The van der Waals surface area contributed by atoms with Crippen LogP contribution >= 0.6 is 6.49 Å². The molecule has 1 aromatic carbocycles. The van der Waals surface area contributed by atoms with Crippen LogP contribution in [0.1, 0.15) is 29.3 Å². The van der Waals surface area contributed by atoms with Gasteiger partial charge in [-0.25, -0.2) is 0 Å². The van der Waals surface area contributed by atoms with Crippen molar-refractivity contribution >= 4 is 24.1 Å². The van der Waals surface area contributed by atoms with Crippen molar-refractivity contribution in [3.63, 3.8) is 0 Å². The summed E-state index contributed by atoms with van der Waals surface area (Å²) in [5.41, 5.74) is 1.60. The normalized spacial score (nSPS) is 18.0. The molecule has 1 aliphatic carbocycles. The predicted molar refractivity (Wildman–Crippen MR) is 66.8 cm³/mol. The van der Waals surface area contributed by atoms with E-state index in [1.54, 1.807) is 13.0 Å². The van der Waals surface area contributed by atoms with Crippen LogP contribution in [0.15, 0.2) is 18.2 Å². The first-order valence-electron chi connectivity index (χ1n) is 5.20. The topological polar surface area (TPSA) is 46.5 Å². The molecule has 0 saturated carbocycles. The van der Waals surface area contributed by atoms with Crippen LogP contribution in [0.2, 0.25) is 0 Å². The Morgan fingerprint density at radius 3 is 2.94 bits per heavy atom. The fraction of sp³-hybridized carbons (Fsp3) is 0.364. The minimum Gasteiger partial charge on any atom is -0.443 e. The van der Waals surface area contributed by atoms with Crippen molar-refractivity contribution < 1.29 is 14.2 Å². The van der Waals surface area contributed by atoms with Crippen LogP contribution in [0.25, 0.3) is 0 Å². The number of aryl methyl sites for hydroxylation is 1. The van der Waals surface area contributed by atoms with Gasteiger partial charge in [-0.2, -0.15) is 0 Å². The van der Waals surface area contributed by atoms with Gasteiger partial charge in [-0.05, 0) is 29.9 Å². The zero-order valence-electron chi connectivity index (χ0n) is 8.97. The molecule has 86 valence electrons. The second kappa shape index (κ2) is 4.28. The van der Waals surface area contributed by atoms with E-state index in [1.807, 2.05) is 12.1 Å². The fourth-order valence-electron chi connectivity index (χ4n) is 1.77. The highest BCUT2D eigenvalue weighted by Crippen LogP contribution is 2.45. The average Bonchev–Trinajstić information content (AvgIpc) is 2.61. The molecule has 2 rings (SSSR count). The van der Waals surface area contributed by atoms with Crippen LogP contribution in [0.4, 0.5) is 0 Å². The molecule has 0 aliphatic heterocycles. The number of ketones is 1. The summed E-state index contributed by atoms with van der Waals surface area (Å²) in [5, 5.41) is 0. The Morgan fingerprint density at radius 1 is 1.50 bits per heavy atom. The summed E-state index contributed by atoms with van der Waals surface area (Å²) in [5.74, 6) is 0.532. The molecule has 16 heavy (non-hydrogen) atoms. The van der Waals surface area contributed by atoms with Crippen LogP contribution in [0.5, 0.6) is 5.75 Å². The lowest BCUT2D eigenvalue weighted by molar-refractivity contribution is 0.0993. The van der Waals surface area contributed by atoms with Gasteiger partial charge in [0, 0.05) is 12.6 Å². The number of carbonyl (C=O) groups excluding carboxylic acids is 1. The van der Waals surface area contributed by atoms with Crippen molar-refractivity contribution in [2.45, 2.75) is 19.8 Å². The van der Waals surface area contributed by atoms with Gasteiger partial charge in [0.25, 0.3) is 0 Å². The molecular formula is C11H13O3PS. The number of Topliss-reactive ketones (excluding diaryl/α,β-unsaturated/α-hetero) is 1. The summed E-state index contributed by atoms with van der Waals surface area (Å²) in [4.78, 5) is 21.5. The minimum absolute atomic E-state index is 0.0803. The molecule has 1 unspecified atom stereocenters. The van der Waals surface area contributed by atoms with E-state index in [9.17, 15) is 9.69 Å². The molecule has 3 nitrogen and oxygen atoms in total. The highest BCUT2D eigenvalue weighted by atomic mass is 32.5. The van der Waals surface area contributed by atoms with Crippen LogP contribution in [-0.2, 0) is 18.2 Å². The van der Waals surface area contributed by atoms with Crippen molar-refractivity contribution in [2.24, 2.45) is 0 Å². The smallest absolute Gasteiger partial charge is 0.235 e. The van der Waals surface area contributed by atoms with Crippen LogP contribution < -0.4 is 4.52 Å². The maximum absolute atomic E-state index is 11.7. The molecule has 0 aromatic heterocycles. The Morgan fingerprint density at radius 2 is 2.25 bits per heavy atom. The molecule has 5 heteroatoms. The van der Waals surface area contributed by atoms with Gasteiger partial charge >= 0.3 is 0 Å². The Labute approximate surface area is 99.6 Å². The Bertz CT molecular complexity index is 484. The number of benzene rings is 1. The Hall–Kier alpha value is -0.700. The second-order valence-electron chi connectivity index (χ2n) is 3.76. The fourth-order valence-corrected chi connectivity index (χ4v) is 2.60. The SMILES string of the molecule is CCP(O)(=S)Oc1cccc2c1C(=O)CC2. The molecular weight excluding hydrogens is 243 g/mol. The largest absolute Gasteiger partial charge is 0.443 e. The predicted octanol–water partition coefficient (Wildman–Crippen LogP) is 2.52. The van der Waals surface area contributed by atoms with Crippen molar-refractivity contribution in [1.29, 1.82) is 0 Å². The Balaban J connectivity index is 2.40. The molecule has 1 aromatic rings. The molecule has 0 heterocycles. The molecule has 0 saturated heterocycles. The quantitative estimate of drug-likeness (QED) is 0.844. The lowest BCUT2D eigenvalue weighted by Gasteiger charge is -2.16. The molecule has 0 fully saturated rings. The molecule has 0 radical (unpaired) electrons. The summed E-state index contributed by atoms with van der Waals surface area (Å²) in [6, 6.07) is 5.45. The van der Waals surface area contributed by atoms with E-state index >= 15 is 0 Å². The molecule has 0 bridgehead atoms. The van der Waals surface area contributed by atoms with Gasteiger partial charge in [0.1, 0.15) is 5.75 Å². The van der Waals surface area contributed by atoms with E-state index in [4.69, 9.17) is 16.3 Å². The lowest BCUT2D eigenvalue weighted by Crippen LogP contribution is -2.00. The van der Waals surface area contributed by atoms with E-state index in [0.29, 0.717) is 23.9 Å². The first kappa shape index (κ1) is 11.8. The number of hydrogen-bond acceptors (Lipinski definition) is 3. The monoisotopic (exact) mass is 256 g/mol. The summed E-state index contributed by atoms with van der Waals surface area (Å²) in [6.07, 6.45) is 1.68. The van der Waals surface area contributed by atoms with Crippen molar-refractivity contribution in [1.82, 2.24) is 0 Å². The van der Waals surface area contributed by atoms with E-state index < -0.39 is 6.49 Å². The van der Waals surface area contributed by atoms with Gasteiger partial charge in [-0.1, -0.05) is 19.1 Å². The maximum Gasteiger partial charge on any atom is 0.235 e. The third kappa shape index (κ3) is 2.19. The van der Waals surface area contributed by atoms with Crippen LogP contribution in [-0.4, -0.2) is 16.8 Å². The number of hydrogen-bond donors (Lipinski definition) is 1. The second-order valence-corrected chi connectivity index (χ2v) is 7.56. The first-order chi connectivity index (χ1) is 7.53. The summed E-state index contributed by atoms with van der Waals surface area (Å²) in [7, 11) is 0. The van der Waals surface area contributed by atoms with Crippen molar-refractivity contribution in [3.8, 4) is 5.75 Å². The molecule has 1 N–H and O–H groups in total. The third-order valence-corrected chi connectivity index (χ3v) is 4.93. The van der Waals surface area contributed by atoms with Gasteiger partial charge < -0.3 is 9.42 Å². The zero-order valence-corrected chi connectivity index (χ0v) is 10.7. The summed E-state index contributed by atoms with van der Waals surface area (Å²) in [6.45, 7) is -0.989. The third-order valence-electron chi connectivity index (χ3n) is 2.65. The van der Waals surface area contributed by atoms with Gasteiger partial charge in [-0.15, -0.1) is 0 Å². The van der Waals surface area contributed by atoms with E-state index in [-0.39, 0.29) is 5.78 Å². The van der Waals surface area contributed by atoms with Gasteiger partial charge in [0.15, 0.2) is 5.78 Å². The summed E-state index contributed by atoms with van der Waals surface area (Å²) >= 11 is 4.97. The average molecular weight is 256 g/mol. The lowest BCUT2D eigenvalue weighted by atomic mass is 10.1. The highest BCUT2D eigenvalue weighted by molar-refractivity contribution is 8.09. The van der Waals surface area contributed by atoms with E-state index in [1.165, 1.54) is 0 Å². The molecule has 1 atom stereocenters. The minimum atomic E-state index is -2.77. The number of carbonyl (C=O) groups is 1. The van der Waals surface area contributed by atoms with E-state index in [2.05, 4.69) is 0 Å². The van der Waals surface area contributed by atoms with Gasteiger partial charge in [0.2, 0.25) is 6.49 Å². The summed E-state index contributed by atoms with van der Waals surface area (Å²) < 4.78 is 5.42. The van der Waals surface area contributed by atoms with Gasteiger partial charge in [0.05, 0.1) is 5.56 Å². The van der Waals surface area contributed by atoms with Crippen LogP contribution in [0, 0.1) is 0 Å². The zero-order chi connectivity index (χ0) is 11.8. The van der Waals surface area contributed by atoms with E-state index in [0.717, 1.165) is 12.0 Å². The van der Waals surface area contributed by atoms with Gasteiger partial charge in [-0.3, -0.25) is 4.79 Å². The van der Waals surface area contributed by atoms with Crippen LogP contribution in [0.3, 0.4) is 0 Å². The molecule has 1 aliphatic rings. The highest BCUT2D eigenvalue weighted by Gasteiger charge is 2.25. The first-order valence-corrected chi connectivity index (χ1v) is 8.06. The Kier molecular flexibility index (Phi) is 3.15. The number of fused-ring (bicyclic) bond motifs is 1.